The molecule has 0 fully saturated rings. The van der Waals surface area contributed by atoms with E-state index < -0.39 is 6.10 Å². The van der Waals surface area contributed by atoms with Crippen LogP contribution in [0.1, 0.15) is 0 Å². The van der Waals surface area contributed by atoms with Crippen LogP contribution in [0.4, 0.5) is 0 Å². The summed E-state index contributed by atoms with van der Waals surface area (Å²) in [5.41, 5.74) is 5.11. The van der Waals surface area contributed by atoms with Crippen molar-refractivity contribution < 1.29 is 14.6 Å². The van der Waals surface area contributed by atoms with Crippen molar-refractivity contribution in [3.8, 4) is 5.75 Å². The first-order valence-electron chi connectivity index (χ1n) is 5.15. The monoisotopic (exact) mass is 302 g/mol. The maximum atomic E-state index is 10.8. The van der Waals surface area contributed by atoms with Crippen molar-refractivity contribution in [1.29, 1.82) is 0 Å². The van der Waals surface area contributed by atoms with E-state index in [2.05, 4.69) is 21.2 Å². The summed E-state index contributed by atoms with van der Waals surface area (Å²) in [5, 5.41) is 12.0. The first-order valence-corrected chi connectivity index (χ1v) is 5.95. The van der Waals surface area contributed by atoms with E-state index in [1.54, 1.807) is 6.07 Å². The van der Waals surface area contributed by atoms with Gasteiger partial charge in [0.15, 0.2) is 0 Å². The lowest BCUT2D eigenvalue weighted by Crippen LogP contribution is -2.38. The molecule has 6 heteroatoms. The molecule has 0 spiro atoms. The van der Waals surface area contributed by atoms with Gasteiger partial charge in [0.1, 0.15) is 18.5 Å². The quantitative estimate of drug-likeness (QED) is 0.704. The number of para-hydroxylation sites is 1. The minimum absolute atomic E-state index is 0.0855. The van der Waals surface area contributed by atoms with Crippen LogP contribution in [0.15, 0.2) is 28.7 Å². The minimum Gasteiger partial charge on any atom is -0.490 e. The summed E-state index contributed by atoms with van der Waals surface area (Å²) in [5.74, 6) is 0.349. The average molecular weight is 303 g/mol. The van der Waals surface area contributed by atoms with Crippen molar-refractivity contribution in [3.63, 3.8) is 0 Å². The molecule has 0 aliphatic heterocycles. The normalized spacial score (nSPS) is 11.9. The highest BCUT2D eigenvalue weighted by Gasteiger charge is 2.08. The topological polar surface area (TPSA) is 84.6 Å². The fraction of sp³-hybridized carbons (Fsp3) is 0.364. The SMILES string of the molecule is NCC(=O)NCC(O)COc1ccccc1Br. The Balaban J connectivity index is 2.31. The molecule has 5 nitrogen and oxygen atoms in total. The number of aliphatic hydroxyl groups is 1. The highest BCUT2D eigenvalue weighted by Crippen LogP contribution is 2.23. The van der Waals surface area contributed by atoms with Gasteiger partial charge in [-0.2, -0.15) is 0 Å². The maximum Gasteiger partial charge on any atom is 0.233 e. The Labute approximate surface area is 108 Å². The molecule has 0 heterocycles. The Hall–Kier alpha value is -1.11. The number of ether oxygens (including phenoxy) is 1. The lowest BCUT2D eigenvalue weighted by molar-refractivity contribution is -0.120. The highest BCUT2D eigenvalue weighted by molar-refractivity contribution is 9.10. The molecule has 1 aromatic rings. The van der Waals surface area contributed by atoms with E-state index in [1.165, 1.54) is 0 Å². The zero-order chi connectivity index (χ0) is 12.7. The smallest absolute Gasteiger partial charge is 0.233 e. The van der Waals surface area contributed by atoms with Gasteiger partial charge < -0.3 is 20.9 Å². The summed E-state index contributed by atoms with van der Waals surface area (Å²) >= 11 is 3.33. The van der Waals surface area contributed by atoms with Crippen molar-refractivity contribution >= 4 is 21.8 Å². The molecule has 1 aromatic carbocycles. The molecular formula is C11H15BrN2O3. The second-order valence-corrected chi connectivity index (χ2v) is 4.26. The zero-order valence-corrected chi connectivity index (χ0v) is 10.8. The summed E-state index contributed by atoms with van der Waals surface area (Å²) in [6.07, 6.45) is -0.766. The number of nitrogens with two attached hydrogens (primary N) is 1. The van der Waals surface area contributed by atoms with E-state index in [4.69, 9.17) is 10.5 Å². The molecular weight excluding hydrogens is 288 g/mol. The van der Waals surface area contributed by atoms with E-state index in [0.717, 1.165) is 4.47 Å². The third kappa shape index (κ3) is 5.16. The van der Waals surface area contributed by atoms with Gasteiger partial charge in [-0.15, -0.1) is 0 Å². The summed E-state index contributed by atoms with van der Waals surface area (Å²) in [6.45, 7) is 0.145. The van der Waals surface area contributed by atoms with Crippen LogP contribution in [0.2, 0.25) is 0 Å². The molecule has 0 saturated heterocycles. The number of carbonyl (C=O) groups excluding carboxylic acids is 1. The molecule has 1 atom stereocenters. The number of hydrogen-bond acceptors (Lipinski definition) is 4. The van der Waals surface area contributed by atoms with E-state index in [1.807, 2.05) is 18.2 Å². The minimum atomic E-state index is -0.766. The third-order valence-electron chi connectivity index (χ3n) is 1.99. The number of nitrogens with one attached hydrogen (secondary N) is 1. The van der Waals surface area contributed by atoms with Crippen molar-refractivity contribution in [2.45, 2.75) is 6.10 Å². The molecule has 1 unspecified atom stereocenters. The molecule has 0 radical (unpaired) electrons. The summed E-state index contributed by atoms with van der Waals surface area (Å²) in [7, 11) is 0. The Kier molecular flexibility index (Phi) is 5.96. The number of benzene rings is 1. The van der Waals surface area contributed by atoms with E-state index in [9.17, 15) is 9.90 Å². The van der Waals surface area contributed by atoms with Gasteiger partial charge in [0.05, 0.1) is 11.0 Å². The van der Waals surface area contributed by atoms with Crippen LogP contribution >= 0.6 is 15.9 Å². The molecule has 0 aliphatic rings. The average Bonchev–Trinajstić information content (AvgIpc) is 2.35. The lowest BCUT2D eigenvalue weighted by Gasteiger charge is -2.13. The largest absolute Gasteiger partial charge is 0.490 e. The number of amides is 1. The Bertz CT molecular complexity index is 373. The van der Waals surface area contributed by atoms with Gasteiger partial charge in [-0.1, -0.05) is 12.1 Å². The molecule has 0 aromatic heterocycles. The fourth-order valence-corrected chi connectivity index (χ4v) is 1.51. The molecule has 4 N–H and O–H groups in total. The van der Waals surface area contributed by atoms with Crippen molar-refractivity contribution in [2.75, 3.05) is 19.7 Å². The Morgan fingerprint density at radius 3 is 2.88 bits per heavy atom. The Morgan fingerprint density at radius 2 is 2.24 bits per heavy atom. The second-order valence-electron chi connectivity index (χ2n) is 3.40. The molecule has 0 aliphatic carbocycles. The van der Waals surface area contributed by atoms with Gasteiger partial charge in [-0.25, -0.2) is 0 Å². The summed E-state index contributed by atoms with van der Waals surface area (Å²) in [6, 6.07) is 7.34. The van der Waals surface area contributed by atoms with E-state index in [-0.39, 0.29) is 25.6 Å². The van der Waals surface area contributed by atoms with Crippen LogP contribution in [0.25, 0.3) is 0 Å². The zero-order valence-electron chi connectivity index (χ0n) is 9.23. The number of halogens is 1. The molecule has 17 heavy (non-hydrogen) atoms. The van der Waals surface area contributed by atoms with Gasteiger partial charge in [0.25, 0.3) is 0 Å². The Morgan fingerprint density at radius 1 is 1.53 bits per heavy atom. The van der Waals surface area contributed by atoms with Crippen LogP contribution in [-0.2, 0) is 4.79 Å². The van der Waals surface area contributed by atoms with Crippen LogP contribution in [0, 0.1) is 0 Å². The van der Waals surface area contributed by atoms with Gasteiger partial charge >= 0.3 is 0 Å². The summed E-state index contributed by atoms with van der Waals surface area (Å²) < 4.78 is 6.20. The first-order chi connectivity index (χ1) is 8.13. The predicted molar refractivity (Wildman–Crippen MR) is 67.7 cm³/mol. The third-order valence-corrected chi connectivity index (χ3v) is 2.64. The molecule has 94 valence electrons. The van der Waals surface area contributed by atoms with Crippen molar-refractivity contribution in [1.82, 2.24) is 5.32 Å². The predicted octanol–water partition coefficient (Wildman–Crippen LogP) is 0.264. The number of aliphatic hydroxyl groups excluding tert-OH is 1. The second kappa shape index (κ2) is 7.26. The van der Waals surface area contributed by atoms with Gasteiger partial charge in [-0.05, 0) is 28.1 Å². The van der Waals surface area contributed by atoms with Gasteiger partial charge in [0.2, 0.25) is 5.91 Å². The van der Waals surface area contributed by atoms with Gasteiger partial charge in [-0.3, -0.25) is 4.79 Å². The molecule has 1 rings (SSSR count). The maximum absolute atomic E-state index is 10.8. The molecule has 0 bridgehead atoms. The molecule has 1 amide bonds. The summed E-state index contributed by atoms with van der Waals surface area (Å²) in [4.78, 5) is 10.8. The highest BCUT2D eigenvalue weighted by atomic mass is 79.9. The van der Waals surface area contributed by atoms with Crippen LogP contribution < -0.4 is 15.8 Å². The molecule has 0 saturated carbocycles. The van der Waals surface area contributed by atoms with Crippen LogP contribution in [0.5, 0.6) is 5.75 Å². The lowest BCUT2D eigenvalue weighted by atomic mass is 10.3. The standard InChI is InChI=1S/C11H15BrN2O3/c12-9-3-1-2-4-10(9)17-7-8(15)6-14-11(16)5-13/h1-4,8,15H,5-7,13H2,(H,14,16). The van der Waals surface area contributed by atoms with Crippen LogP contribution in [0.3, 0.4) is 0 Å². The number of rotatable bonds is 6. The first kappa shape index (κ1) is 14.0. The fourth-order valence-electron chi connectivity index (χ4n) is 1.11. The number of hydrogen-bond donors (Lipinski definition) is 3. The van der Waals surface area contributed by atoms with E-state index >= 15 is 0 Å². The van der Waals surface area contributed by atoms with Gasteiger partial charge in [0, 0.05) is 6.54 Å². The number of carbonyl (C=O) groups is 1. The van der Waals surface area contributed by atoms with E-state index in [0.29, 0.717) is 5.75 Å². The van der Waals surface area contributed by atoms with Crippen molar-refractivity contribution in [3.05, 3.63) is 28.7 Å². The van der Waals surface area contributed by atoms with Crippen molar-refractivity contribution in [2.24, 2.45) is 5.73 Å². The van der Waals surface area contributed by atoms with Crippen LogP contribution in [-0.4, -0.2) is 36.8 Å².